The van der Waals surface area contributed by atoms with Gasteiger partial charge in [-0.2, -0.15) is 4.57 Å². The molecule has 1 heterocycles. The number of ketones is 1. The highest BCUT2D eigenvalue weighted by Gasteiger charge is 2.18. The summed E-state index contributed by atoms with van der Waals surface area (Å²) in [5.41, 5.74) is 1.85. The van der Waals surface area contributed by atoms with E-state index in [1.807, 2.05) is 59.3 Å². The third kappa shape index (κ3) is 3.08. The number of benzene rings is 4. The van der Waals surface area contributed by atoms with Crippen molar-refractivity contribution in [2.24, 2.45) is 0 Å². The lowest BCUT2D eigenvalue weighted by molar-refractivity contribution is -0.657. The first-order chi connectivity index (χ1) is 13.3. The van der Waals surface area contributed by atoms with E-state index < -0.39 is 0 Å². The molecule has 0 saturated carbocycles. The number of hydrogen-bond acceptors (Lipinski definition) is 1. The molecule has 0 bridgehead atoms. The molecule has 1 aromatic heterocycles. The first kappa shape index (κ1) is 18.3. The molecule has 5 rings (SSSR count). The molecular formula is C25H19BrNO+. The number of carbonyl (C=O) groups excluding carboxylic acids is 1. The summed E-state index contributed by atoms with van der Waals surface area (Å²) >= 11 is 0. The third-order valence-electron chi connectivity index (χ3n) is 5.19. The van der Waals surface area contributed by atoms with E-state index in [0.717, 1.165) is 21.9 Å². The standard InChI is InChI=1S/C25H18NO.BrH/c27-25(23-12-5-9-18-7-1-4-11-21(18)23)17-26-16-6-13-22-20-10-3-2-8-19(20)14-15-24(22)26;/h1-16H,17H2;1H/q+1;. The molecule has 0 aliphatic heterocycles. The average Bonchev–Trinajstić information content (AvgIpc) is 2.73. The van der Waals surface area contributed by atoms with Crippen LogP contribution in [0.2, 0.25) is 0 Å². The van der Waals surface area contributed by atoms with Crippen LogP contribution >= 0.6 is 17.0 Å². The minimum Gasteiger partial charge on any atom is -0.287 e. The Morgan fingerprint density at radius 3 is 2.11 bits per heavy atom. The molecule has 0 aliphatic carbocycles. The first-order valence-corrected chi connectivity index (χ1v) is 9.12. The fourth-order valence-corrected chi connectivity index (χ4v) is 3.88. The van der Waals surface area contributed by atoms with Gasteiger partial charge in [0, 0.05) is 17.7 Å². The van der Waals surface area contributed by atoms with E-state index in [1.54, 1.807) is 0 Å². The van der Waals surface area contributed by atoms with Crippen molar-refractivity contribution in [1.82, 2.24) is 0 Å². The molecule has 3 heteroatoms. The van der Waals surface area contributed by atoms with E-state index in [9.17, 15) is 4.79 Å². The lowest BCUT2D eigenvalue weighted by Gasteiger charge is -2.06. The molecule has 4 aromatic carbocycles. The second kappa shape index (κ2) is 7.53. The van der Waals surface area contributed by atoms with Gasteiger partial charge in [-0.05, 0) is 33.7 Å². The number of pyridine rings is 1. The van der Waals surface area contributed by atoms with Gasteiger partial charge in [-0.3, -0.25) is 4.79 Å². The number of rotatable bonds is 3. The number of nitrogens with zero attached hydrogens (tertiary/aromatic N) is 1. The van der Waals surface area contributed by atoms with Crippen LogP contribution < -0.4 is 4.57 Å². The number of aromatic nitrogens is 1. The zero-order valence-electron chi connectivity index (χ0n) is 15.2. The van der Waals surface area contributed by atoms with Crippen LogP contribution in [0.5, 0.6) is 0 Å². The molecule has 5 aromatic rings. The van der Waals surface area contributed by atoms with Gasteiger partial charge in [0.1, 0.15) is 0 Å². The Morgan fingerprint density at radius 2 is 1.29 bits per heavy atom. The number of hydrogen-bond donors (Lipinski definition) is 0. The van der Waals surface area contributed by atoms with E-state index in [-0.39, 0.29) is 22.8 Å². The van der Waals surface area contributed by atoms with Gasteiger partial charge >= 0.3 is 0 Å². The highest BCUT2D eigenvalue weighted by Crippen LogP contribution is 2.23. The predicted octanol–water partition coefficient (Wildman–Crippen LogP) is 5.89. The van der Waals surface area contributed by atoms with Crippen LogP contribution in [0.1, 0.15) is 10.4 Å². The van der Waals surface area contributed by atoms with Crippen LogP contribution in [-0.4, -0.2) is 5.78 Å². The monoisotopic (exact) mass is 428 g/mol. The Hall–Kier alpha value is -3.04. The van der Waals surface area contributed by atoms with E-state index in [0.29, 0.717) is 6.54 Å². The maximum absolute atomic E-state index is 13.1. The minimum absolute atomic E-state index is 0. The molecule has 0 spiro atoms. The van der Waals surface area contributed by atoms with Crippen LogP contribution in [0.25, 0.3) is 32.4 Å². The summed E-state index contributed by atoms with van der Waals surface area (Å²) in [6.45, 7) is 0.323. The Kier molecular flexibility index (Phi) is 4.93. The van der Waals surface area contributed by atoms with Gasteiger partial charge in [0.2, 0.25) is 17.8 Å². The van der Waals surface area contributed by atoms with Gasteiger partial charge in [-0.15, -0.1) is 17.0 Å². The molecule has 0 atom stereocenters. The fourth-order valence-electron chi connectivity index (χ4n) is 3.88. The van der Waals surface area contributed by atoms with Gasteiger partial charge in [0.15, 0.2) is 6.20 Å². The molecule has 0 radical (unpaired) electrons. The van der Waals surface area contributed by atoms with Crippen LogP contribution in [0.3, 0.4) is 0 Å². The van der Waals surface area contributed by atoms with Gasteiger partial charge in [-0.25, -0.2) is 0 Å². The van der Waals surface area contributed by atoms with E-state index in [2.05, 4.69) is 42.5 Å². The van der Waals surface area contributed by atoms with Crippen molar-refractivity contribution in [3.05, 3.63) is 103 Å². The predicted molar refractivity (Wildman–Crippen MR) is 120 cm³/mol. The average molecular weight is 429 g/mol. The topological polar surface area (TPSA) is 20.9 Å². The van der Waals surface area contributed by atoms with Gasteiger partial charge in [0.25, 0.3) is 0 Å². The second-order valence-corrected chi connectivity index (χ2v) is 6.81. The van der Waals surface area contributed by atoms with Crippen LogP contribution in [0, 0.1) is 0 Å². The van der Waals surface area contributed by atoms with Crippen molar-refractivity contribution >= 4 is 55.2 Å². The van der Waals surface area contributed by atoms with E-state index >= 15 is 0 Å². The Labute approximate surface area is 173 Å². The molecule has 0 saturated heterocycles. The second-order valence-electron chi connectivity index (χ2n) is 6.81. The van der Waals surface area contributed by atoms with Crippen LogP contribution in [-0.2, 0) is 6.54 Å². The number of Topliss-reactive ketones (excluding diaryl/α,β-unsaturated/α-hetero) is 1. The van der Waals surface area contributed by atoms with Crippen molar-refractivity contribution in [3.8, 4) is 0 Å². The summed E-state index contributed by atoms with van der Waals surface area (Å²) < 4.78 is 2.05. The minimum atomic E-state index is 0. The zero-order chi connectivity index (χ0) is 18.2. The van der Waals surface area contributed by atoms with Crippen molar-refractivity contribution < 1.29 is 9.36 Å². The molecule has 0 fully saturated rings. The summed E-state index contributed by atoms with van der Waals surface area (Å²) in [6, 6.07) is 30.7. The lowest BCUT2D eigenvalue weighted by atomic mass is 10.0. The molecule has 0 aliphatic rings. The van der Waals surface area contributed by atoms with E-state index in [1.165, 1.54) is 16.2 Å². The SMILES string of the molecule is Br.O=C(C[n+]1cccc2c3ccccc3ccc21)c1cccc2ccccc12. The highest BCUT2D eigenvalue weighted by molar-refractivity contribution is 8.93. The Balaban J connectivity index is 0.00000192. The molecular weight excluding hydrogens is 410 g/mol. The Morgan fingerprint density at radius 1 is 0.643 bits per heavy atom. The molecule has 28 heavy (non-hydrogen) atoms. The van der Waals surface area contributed by atoms with Crippen molar-refractivity contribution in [2.75, 3.05) is 0 Å². The highest BCUT2D eigenvalue weighted by atomic mass is 79.9. The maximum atomic E-state index is 13.1. The number of fused-ring (bicyclic) bond motifs is 4. The molecule has 2 nitrogen and oxygen atoms in total. The first-order valence-electron chi connectivity index (χ1n) is 9.12. The molecule has 136 valence electrons. The fraction of sp³-hybridized carbons (Fsp3) is 0.0400. The summed E-state index contributed by atoms with van der Waals surface area (Å²) in [5, 5.41) is 5.69. The van der Waals surface area contributed by atoms with Crippen LogP contribution in [0.4, 0.5) is 0 Å². The van der Waals surface area contributed by atoms with Crippen LogP contribution in [0.15, 0.2) is 97.2 Å². The third-order valence-corrected chi connectivity index (χ3v) is 5.19. The number of halogens is 1. The molecule has 0 N–H and O–H groups in total. The van der Waals surface area contributed by atoms with Crippen molar-refractivity contribution in [1.29, 1.82) is 0 Å². The Bertz CT molecular complexity index is 1320. The zero-order valence-corrected chi connectivity index (χ0v) is 16.9. The normalized spacial score (nSPS) is 10.9. The maximum Gasteiger partial charge on any atom is 0.228 e. The quantitative estimate of drug-likeness (QED) is 0.199. The van der Waals surface area contributed by atoms with Crippen molar-refractivity contribution in [3.63, 3.8) is 0 Å². The van der Waals surface area contributed by atoms with Gasteiger partial charge in [0.05, 0.1) is 5.39 Å². The largest absolute Gasteiger partial charge is 0.287 e. The van der Waals surface area contributed by atoms with Gasteiger partial charge in [-0.1, -0.05) is 66.7 Å². The van der Waals surface area contributed by atoms with Gasteiger partial charge < -0.3 is 0 Å². The summed E-state index contributed by atoms with van der Waals surface area (Å²) in [4.78, 5) is 13.1. The van der Waals surface area contributed by atoms with Crippen molar-refractivity contribution in [2.45, 2.75) is 6.54 Å². The smallest absolute Gasteiger partial charge is 0.228 e. The summed E-state index contributed by atoms with van der Waals surface area (Å²) in [7, 11) is 0. The molecule has 0 unspecified atom stereocenters. The number of carbonyl (C=O) groups is 1. The summed E-state index contributed by atoms with van der Waals surface area (Å²) in [5.74, 6) is 0.123. The summed E-state index contributed by atoms with van der Waals surface area (Å²) in [6.07, 6.45) is 1.99. The molecule has 0 amide bonds. The van der Waals surface area contributed by atoms with E-state index in [4.69, 9.17) is 0 Å². The lowest BCUT2D eigenvalue weighted by Crippen LogP contribution is -2.38.